The van der Waals surface area contributed by atoms with E-state index in [0.717, 1.165) is 4.90 Å². The SMILES string of the molecule is Cc1c(CN2C(=O)N[C@@]3(CCOc4ccccc43)C2=O)cccc1[N+](=O)[O-]. The molecule has 2 aliphatic rings. The van der Waals surface area contributed by atoms with E-state index in [9.17, 15) is 19.7 Å². The molecule has 0 aliphatic carbocycles. The number of rotatable bonds is 3. The number of amides is 3. The van der Waals surface area contributed by atoms with Crippen molar-refractivity contribution in [2.75, 3.05) is 6.61 Å². The summed E-state index contributed by atoms with van der Waals surface area (Å²) < 4.78 is 5.61. The number of nitrogens with one attached hydrogen (secondary N) is 1. The molecule has 138 valence electrons. The zero-order chi connectivity index (χ0) is 19.2. The molecule has 1 N–H and O–H groups in total. The van der Waals surface area contributed by atoms with Gasteiger partial charge >= 0.3 is 6.03 Å². The third kappa shape index (κ3) is 2.52. The minimum Gasteiger partial charge on any atom is -0.493 e. The summed E-state index contributed by atoms with van der Waals surface area (Å²) in [4.78, 5) is 37.7. The maximum atomic E-state index is 13.2. The summed E-state index contributed by atoms with van der Waals surface area (Å²) in [5, 5.41) is 14.0. The lowest BCUT2D eigenvalue weighted by atomic mass is 9.84. The lowest BCUT2D eigenvalue weighted by molar-refractivity contribution is -0.385. The summed E-state index contributed by atoms with van der Waals surface area (Å²) in [7, 11) is 0. The van der Waals surface area contributed by atoms with Gasteiger partial charge in [0.2, 0.25) is 0 Å². The molecule has 8 nitrogen and oxygen atoms in total. The highest BCUT2D eigenvalue weighted by Gasteiger charge is 2.54. The number of benzene rings is 2. The van der Waals surface area contributed by atoms with Crippen LogP contribution in [0.25, 0.3) is 0 Å². The number of hydrogen-bond acceptors (Lipinski definition) is 5. The van der Waals surface area contributed by atoms with E-state index in [1.165, 1.54) is 6.07 Å². The highest BCUT2D eigenvalue weighted by Crippen LogP contribution is 2.41. The number of carbonyl (C=O) groups is 2. The van der Waals surface area contributed by atoms with Crippen molar-refractivity contribution in [2.45, 2.75) is 25.4 Å². The van der Waals surface area contributed by atoms with Crippen LogP contribution in [-0.4, -0.2) is 28.4 Å². The van der Waals surface area contributed by atoms with E-state index in [1.807, 2.05) is 6.07 Å². The van der Waals surface area contributed by atoms with Gasteiger partial charge in [0.1, 0.15) is 5.75 Å². The van der Waals surface area contributed by atoms with Crippen molar-refractivity contribution >= 4 is 17.6 Å². The Labute approximate surface area is 154 Å². The molecule has 1 saturated heterocycles. The number of para-hydroxylation sites is 1. The first-order valence-electron chi connectivity index (χ1n) is 8.53. The minimum absolute atomic E-state index is 0.0248. The topological polar surface area (TPSA) is 102 Å². The van der Waals surface area contributed by atoms with E-state index in [1.54, 1.807) is 37.3 Å². The van der Waals surface area contributed by atoms with E-state index >= 15 is 0 Å². The zero-order valence-electron chi connectivity index (χ0n) is 14.6. The minimum atomic E-state index is -1.15. The van der Waals surface area contributed by atoms with Crippen LogP contribution in [-0.2, 0) is 16.9 Å². The average Bonchev–Trinajstić information content (AvgIpc) is 2.88. The summed E-state index contributed by atoms with van der Waals surface area (Å²) in [5.74, 6) is 0.208. The van der Waals surface area contributed by atoms with Crippen LogP contribution < -0.4 is 10.1 Å². The number of carbonyl (C=O) groups excluding carboxylic acids is 2. The molecule has 1 spiro atoms. The van der Waals surface area contributed by atoms with Gasteiger partial charge in [0.15, 0.2) is 5.54 Å². The van der Waals surface area contributed by atoms with Crippen LogP contribution in [0.1, 0.15) is 23.1 Å². The van der Waals surface area contributed by atoms with Crippen molar-refractivity contribution in [3.8, 4) is 5.75 Å². The van der Waals surface area contributed by atoms with Gasteiger partial charge in [-0.25, -0.2) is 4.79 Å². The average molecular weight is 367 g/mol. The monoisotopic (exact) mass is 367 g/mol. The molecule has 2 aliphatic heterocycles. The second kappa shape index (κ2) is 6.08. The van der Waals surface area contributed by atoms with Crippen LogP contribution >= 0.6 is 0 Å². The van der Waals surface area contributed by atoms with Crippen molar-refractivity contribution in [3.05, 3.63) is 69.3 Å². The van der Waals surface area contributed by atoms with Crippen molar-refractivity contribution in [1.29, 1.82) is 0 Å². The zero-order valence-corrected chi connectivity index (χ0v) is 14.6. The Morgan fingerprint density at radius 1 is 1.22 bits per heavy atom. The van der Waals surface area contributed by atoms with Crippen molar-refractivity contribution in [1.82, 2.24) is 10.2 Å². The number of fused-ring (bicyclic) bond motifs is 2. The number of ether oxygens (including phenoxy) is 1. The molecule has 0 radical (unpaired) electrons. The van der Waals surface area contributed by atoms with Gasteiger partial charge in [0, 0.05) is 23.6 Å². The fourth-order valence-corrected chi connectivity index (χ4v) is 3.72. The molecule has 27 heavy (non-hydrogen) atoms. The van der Waals surface area contributed by atoms with Gasteiger partial charge in [0.05, 0.1) is 18.1 Å². The molecule has 1 atom stereocenters. The molecule has 2 heterocycles. The number of urea groups is 1. The predicted octanol–water partition coefficient (Wildman–Crippen LogP) is 2.63. The molecule has 4 rings (SSSR count). The maximum absolute atomic E-state index is 13.2. The van der Waals surface area contributed by atoms with Crippen LogP contribution in [0.4, 0.5) is 10.5 Å². The number of nitrogens with zero attached hydrogens (tertiary/aromatic N) is 2. The predicted molar refractivity (Wildman–Crippen MR) is 95.1 cm³/mol. The van der Waals surface area contributed by atoms with Crippen LogP contribution in [0, 0.1) is 17.0 Å². The summed E-state index contributed by atoms with van der Waals surface area (Å²) in [6.45, 7) is 1.90. The smallest absolute Gasteiger partial charge is 0.325 e. The van der Waals surface area contributed by atoms with Gasteiger partial charge in [-0.3, -0.25) is 19.8 Å². The molecular formula is C19H17N3O5. The van der Waals surface area contributed by atoms with E-state index in [2.05, 4.69) is 5.32 Å². The highest BCUT2D eigenvalue weighted by molar-refractivity contribution is 6.07. The molecule has 2 aromatic rings. The lowest BCUT2D eigenvalue weighted by Gasteiger charge is -2.33. The number of hydrogen-bond donors (Lipinski definition) is 1. The Bertz CT molecular complexity index is 974. The molecule has 1 fully saturated rings. The molecule has 0 aromatic heterocycles. The second-order valence-corrected chi connectivity index (χ2v) is 6.64. The first-order valence-corrected chi connectivity index (χ1v) is 8.53. The van der Waals surface area contributed by atoms with Gasteiger partial charge in [-0.2, -0.15) is 0 Å². The van der Waals surface area contributed by atoms with Crippen LogP contribution in [0.3, 0.4) is 0 Å². The molecule has 2 aromatic carbocycles. The Balaban J connectivity index is 1.70. The van der Waals surface area contributed by atoms with E-state index in [4.69, 9.17) is 4.74 Å². The lowest BCUT2D eigenvalue weighted by Crippen LogP contribution is -2.47. The molecule has 0 bridgehead atoms. The molecular weight excluding hydrogens is 350 g/mol. The van der Waals surface area contributed by atoms with Gasteiger partial charge in [0.25, 0.3) is 11.6 Å². The van der Waals surface area contributed by atoms with Crippen molar-refractivity contribution in [2.24, 2.45) is 0 Å². The number of imide groups is 1. The quantitative estimate of drug-likeness (QED) is 0.510. The fourth-order valence-electron chi connectivity index (χ4n) is 3.72. The summed E-state index contributed by atoms with van der Waals surface area (Å²) in [6, 6.07) is 11.3. The molecule has 3 amide bonds. The Hall–Kier alpha value is -3.42. The highest BCUT2D eigenvalue weighted by atomic mass is 16.6. The summed E-state index contributed by atoms with van der Waals surface area (Å²) in [5.41, 5.74) is 0.445. The largest absolute Gasteiger partial charge is 0.493 e. The number of nitro groups is 1. The van der Waals surface area contributed by atoms with Crippen molar-refractivity contribution < 1.29 is 19.2 Å². The van der Waals surface area contributed by atoms with Gasteiger partial charge < -0.3 is 10.1 Å². The van der Waals surface area contributed by atoms with Crippen LogP contribution in [0.5, 0.6) is 5.75 Å². The van der Waals surface area contributed by atoms with Gasteiger partial charge in [-0.15, -0.1) is 0 Å². The standard InChI is InChI=1S/C19H17N3O5/c1-12-13(5-4-7-15(12)22(25)26)11-21-17(23)19(20-18(21)24)9-10-27-16-8-3-2-6-14(16)19/h2-8H,9-11H2,1H3,(H,20,24)/t19-/m1/s1. The third-order valence-corrected chi connectivity index (χ3v) is 5.20. The van der Waals surface area contributed by atoms with E-state index in [0.29, 0.717) is 35.5 Å². The first-order chi connectivity index (χ1) is 12.9. The second-order valence-electron chi connectivity index (χ2n) is 6.64. The van der Waals surface area contributed by atoms with Crippen LogP contribution in [0.15, 0.2) is 42.5 Å². The third-order valence-electron chi connectivity index (χ3n) is 5.20. The summed E-state index contributed by atoms with van der Waals surface area (Å²) in [6.07, 6.45) is 0.332. The van der Waals surface area contributed by atoms with Crippen molar-refractivity contribution in [3.63, 3.8) is 0 Å². The van der Waals surface area contributed by atoms with Crippen LogP contribution in [0.2, 0.25) is 0 Å². The van der Waals surface area contributed by atoms with E-state index in [-0.39, 0.29) is 18.1 Å². The Morgan fingerprint density at radius 3 is 2.78 bits per heavy atom. The Kier molecular flexibility index (Phi) is 3.83. The Morgan fingerprint density at radius 2 is 2.00 bits per heavy atom. The first kappa shape index (κ1) is 17.0. The molecule has 8 heteroatoms. The molecule has 0 unspecified atom stereocenters. The fraction of sp³-hybridized carbons (Fsp3) is 0.263. The van der Waals surface area contributed by atoms with Gasteiger partial charge in [-0.05, 0) is 18.6 Å². The maximum Gasteiger partial charge on any atom is 0.325 e. The normalized spacial score (nSPS) is 21.0. The van der Waals surface area contributed by atoms with Gasteiger partial charge in [-0.1, -0.05) is 30.3 Å². The number of nitro benzene ring substituents is 1. The molecule has 0 saturated carbocycles. The summed E-state index contributed by atoms with van der Waals surface area (Å²) >= 11 is 0. The van der Waals surface area contributed by atoms with E-state index < -0.39 is 16.5 Å².